The molecule has 148 valence electrons. The summed E-state index contributed by atoms with van der Waals surface area (Å²) in [7, 11) is 0. The molecule has 2 aromatic carbocycles. The van der Waals surface area contributed by atoms with E-state index < -0.39 is 0 Å². The van der Waals surface area contributed by atoms with Gasteiger partial charge in [-0.1, -0.05) is 75.4 Å². The lowest BCUT2D eigenvalue weighted by Crippen LogP contribution is -2.34. The first kappa shape index (κ1) is 19.6. The van der Waals surface area contributed by atoms with Gasteiger partial charge in [0.25, 0.3) is 0 Å². The van der Waals surface area contributed by atoms with Crippen LogP contribution in [0.4, 0.5) is 0 Å². The monoisotopic (exact) mass is 383 g/mol. The maximum atomic E-state index is 4.92. The molecule has 4 rings (SSSR count). The van der Waals surface area contributed by atoms with Crippen molar-refractivity contribution in [1.29, 1.82) is 0 Å². The van der Waals surface area contributed by atoms with E-state index in [1.165, 1.54) is 66.8 Å². The molecule has 29 heavy (non-hydrogen) atoms. The average molecular weight is 384 g/mol. The Morgan fingerprint density at radius 2 is 1.45 bits per heavy atom. The Labute approximate surface area is 174 Å². The van der Waals surface area contributed by atoms with E-state index >= 15 is 0 Å². The maximum absolute atomic E-state index is 4.92. The van der Waals surface area contributed by atoms with E-state index in [-0.39, 0.29) is 0 Å². The van der Waals surface area contributed by atoms with E-state index in [9.17, 15) is 0 Å². The minimum absolute atomic E-state index is 1.04. The molecule has 0 saturated carbocycles. The van der Waals surface area contributed by atoms with E-state index in [0.29, 0.717) is 0 Å². The Balaban J connectivity index is 1.57. The zero-order chi connectivity index (χ0) is 19.9. The molecule has 0 saturated heterocycles. The van der Waals surface area contributed by atoms with Crippen molar-refractivity contribution in [1.82, 2.24) is 4.98 Å². The minimum Gasteiger partial charge on any atom is -0.248 e. The molecule has 0 spiro atoms. The molecular formula is C27H31N2+. The lowest BCUT2D eigenvalue weighted by atomic mass is 10.1. The summed E-state index contributed by atoms with van der Waals surface area (Å²) in [5.41, 5.74) is 4.60. The van der Waals surface area contributed by atoms with Crippen molar-refractivity contribution in [3.8, 4) is 11.3 Å². The van der Waals surface area contributed by atoms with Crippen LogP contribution in [0, 0.1) is 0 Å². The number of hydrogen-bond donors (Lipinski definition) is 0. The van der Waals surface area contributed by atoms with Crippen LogP contribution in [-0.2, 0) is 6.54 Å². The third kappa shape index (κ3) is 4.82. The number of benzene rings is 2. The Bertz CT molecular complexity index is 1080. The van der Waals surface area contributed by atoms with Crippen molar-refractivity contribution in [3.05, 3.63) is 72.9 Å². The van der Waals surface area contributed by atoms with Crippen LogP contribution in [0.2, 0.25) is 0 Å². The van der Waals surface area contributed by atoms with Gasteiger partial charge in [0.2, 0.25) is 5.52 Å². The van der Waals surface area contributed by atoms with Crippen LogP contribution in [0.15, 0.2) is 72.9 Å². The number of aromatic nitrogens is 2. The summed E-state index contributed by atoms with van der Waals surface area (Å²) in [6, 6.07) is 23.6. The fourth-order valence-corrected chi connectivity index (χ4v) is 4.10. The van der Waals surface area contributed by atoms with Crippen LogP contribution < -0.4 is 4.57 Å². The smallest absolute Gasteiger partial charge is 0.212 e. The van der Waals surface area contributed by atoms with Crippen LogP contribution in [0.1, 0.15) is 51.9 Å². The van der Waals surface area contributed by atoms with Crippen LogP contribution in [-0.4, -0.2) is 4.98 Å². The Morgan fingerprint density at radius 3 is 2.31 bits per heavy atom. The van der Waals surface area contributed by atoms with Crippen molar-refractivity contribution in [2.45, 2.75) is 58.4 Å². The van der Waals surface area contributed by atoms with Crippen molar-refractivity contribution in [2.24, 2.45) is 0 Å². The topological polar surface area (TPSA) is 16.8 Å². The number of nitrogens with zero attached hydrogens (tertiary/aromatic N) is 2. The molecule has 0 fully saturated rings. The quantitative estimate of drug-likeness (QED) is 0.223. The van der Waals surface area contributed by atoms with Gasteiger partial charge in [0.1, 0.15) is 6.54 Å². The summed E-state index contributed by atoms with van der Waals surface area (Å²) in [5.74, 6) is 0. The molecule has 4 aromatic rings. The molecule has 0 bridgehead atoms. The molecule has 0 radical (unpaired) electrons. The van der Waals surface area contributed by atoms with Crippen molar-refractivity contribution < 1.29 is 4.57 Å². The fraction of sp³-hybridized carbons (Fsp3) is 0.333. The van der Waals surface area contributed by atoms with Crippen molar-refractivity contribution in [3.63, 3.8) is 0 Å². The van der Waals surface area contributed by atoms with Gasteiger partial charge in [-0.05, 0) is 30.7 Å². The number of hydrogen-bond acceptors (Lipinski definition) is 1. The van der Waals surface area contributed by atoms with Gasteiger partial charge < -0.3 is 0 Å². The highest BCUT2D eigenvalue weighted by Crippen LogP contribution is 2.23. The Morgan fingerprint density at radius 1 is 0.724 bits per heavy atom. The summed E-state index contributed by atoms with van der Waals surface area (Å²) in [4.78, 5) is 4.92. The second-order valence-electron chi connectivity index (χ2n) is 7.99. The minimum atomic E-state index is 1.04. The second-order valence-corrected chi connectivity index (χ2v) is 7.99. The lowest BCUT2D eigenvalue weighted by Gasteiger charge is -2.07. The summed E-state index contributed by atoms with van der Waals surface area (Å²) in [5, 5.41) is 2.47. The van der Waals surface area contributed by atoms with E-state index in [0.717, 1.165) is 17.8 Å². The van der Waals surface area contributed by atoms with Crippen molar-refractivity contribution >= 4 is 21.8 Å². The molecule has 0 aliphatic heterocycles. The molecule has 0 amide bonds. The Hall–Kier alpha value is -2.74. The van der Waals surface area contributed by atoms with Gasteiger partial charge in [-0.15, -0.1) is 0 Å². The molecule has 0 N–H and O–H groups in total. The van der Waals surface area contributed by atoms with Crippen molar-refractivity contribution in [2.75, 3.05) is 0 Å². The second kappa shape index (κ2) is 9.65. The van der Waals surface area contributed by atoms with E-state index in [4.69, 9.17) is 4.98 Å². The number of aryl methyl sites for hydroxylation is 1. The van der Waals surface area contributed by atoms with Crippen LogP contribution in [0.3, 0.4) is 0 Å². The SMILES string of the molecule is CCCCCCCCC[n+]1cc(-c2ccc3ccccc3n2)cc2ccccc21. The maximum Gasteiger partial charge on any atom is 0.212 e. The van der Waals surface area contributed by atoms with E-state index in [1.54, 1.807) is 0 Å². The fourth-order valence-electron chi connectivity index (χ4n) is 4.10. The summed E-state index contributed by atoms with van der Waals surface area (Å²) < 4.78 is 2.42. The van der Waals surface area contributed by atoms with E-state index in [2.05, 4.69) is 84.4 Å². The highest BCUT2D eigenvalue weighted by molar-refractivity contribution is 5.84. The molecule has 0 aliphatic carbocycles. The van der Waals surface area contributed by atoms with Gasteiger partial charge in [0.15, 0.2) is 6.20 Å². The first-order valence-corrected chi connectivity index (χ1v) is 11.1. The zero-order valence-electron chi connectivity index (χ0n) is 17.5. The first-order chi connectivity index (χ1) is 14.3. The number of unbranched alkanes of at least 4 members (excludes halogenated alkanes) is 6. The third-order valence-electron chi connectivity index (χ3n) is 5.75. The number of fused-ring (bicyclic) bond motifs is 2. The predicted octanol–water partition coefficient (Wildman–Crippen LogP) is 7.09. The molecule has 2 heteroatoms. The summed E-state index contributed by atoms with van der Waals surface area (Å²) in [6.07, 6.45) is 11.6. The van der Waals surface area contributed by atoms with Gasteiger partial charge in [-0.2, -0.15) is 4.57 Å². The van der Waals surface area contributed by atoms with Crippen LogP contribution in [0.25, 0.3) is 33.1 Å². The summed E-state index contributed by atoms with van der Waals surface area (Å²) in [6.45, 7) is 3.34. The lowest BCUT2D eigenvalue weighted by molar-refractivity contribution is -0.671. The molecule has 0 aliphatic rings. The first-order valence-electron chi connectivity index (χ1n) is 11.1. The van der Waals surface area contributed by atoms with Crippen LogP contribution >= 0.6 is 0 Å². The number of rotatable bonds is 9. The molecule has 2 nitrogen and oxygen atoms in total. The molecular weight excluding hydrogens is 352 g/mol. The molecule has 2 heterocycles. The van der Waals surface area contributed by atoms with Gasteiger partial charge in [-0.25, -0.2) is 4.98 Å². The zero-order valence-corrected chi connectivity index (χ0v) is 17.5. The van der Waals surface area contributed by atoms with Crippen LogP contribution in [0.5, 0.6) is 0 Å². The molecule has 0 unspecified atom stereocenters. The van der Waals surface area contributed by atoms with Gasteiger partial charge in [0.05, 0.1) is 16.8 Å². The number of para-hydroxylation sites is 2. The normalized spacial score (nSPS) is 11.3. The average Bonchev–Trinajstić information content (AvgIpc) is 2.78. The van der Waals surface area contributed by atoms with Gasteiger partial charge in [-0.3, -0.25) is 0 Å². The number of pyridine rings is 2. The van der Waals surface area contributed by atoms with E-state index in [1.807, 2.05) is 0 Å². The molecule has 2 aromatic heterocycles. The van der Waals surface area contributed by atoms with Gasteiger partial charge >= 0.3 is 0 Å². The predicted molar refractivity (Wildman–Crippen MR) is 123 cm³/mol. The molecule has 0 atom stereocenters. The Kier molecular flexibility index (Phi) is 6.51. The largest absolute Gasteiger partial charge is 0.248 e. The standard InChI is InChI=1S/C27H31N2/c1-2-3-4-5-6-7-12-19-29-21-24(20-23-14-9-11-16-27(23)29)26-18-17-22-13-8-10-15-25(22)28-26/h8-11,13-18,20-21H,2-7,12,19H2,1H3/q+1. The summed E-state index contributed by atoms with van der Waals surface area (Å²) >= 11 is 0. The third-order valence-corrected chi connectivity index (χ3v) is 5.75. The highest BCUT2D eigenvalue weighted by atomic mass is 14.9. The van der Waals surface area contributed by atoms with Gasteiger partial charge in [0, 0.05) is 23.3 Å². The highest BCUT2D eigenvalue weighted by Gasteiger charge is 2.13.